The van der Waals surface area contributed by atoms with E-state index in [0.717, 1.165) is 16.5 Å². The molecule has 1 amide bonds. The highest BCUT2D eigenvalue weighted by Crippen LogP contribution is 2.46. The molecule has 1 N–H and O–H groups in total. The van der Waals surface area contributed by atoms with Crippen molar-refractivity contribution < 1.29 is 18.0 Å². The number of nitrogens with zero attached hydrogens (tertiary/aromatic N) is 1. The zero-order chi connectivity index (χ0) is 17.6. The largest absolute Gasteiger partial charge is 0.416 e. The van der Waals surface area contributed by atoms with E-state index in [9.17, 15) is 18.0 Å². The lowest BCUT2D eigenvalue weighted by molar-refractivity contribution is -0.141. The van der Waals surface area contributed by atoms with Gasteiger partial charge in [0.05, 0.1) is 23.5 Å². The number of hydrogen-bond donors (Lipinski definition) is 1. The quantitative estimate of drug-likeness (QED) is 0.880. The summed E-state index contributed by atoms with van der Waals surface area (Å²) in [6, 6.07) is 13.1. The molecule has 2 unspecified atom stereocenters. The van der Waals surface area contributed by atoms with Crippen molar-refractivity contribution in [3.05, 3.63) is 65.2 Å². The molecule has 0 aromatic heterocycles. The van der Waals surface area contributed by atoms with Crippen molar-refractivity contribution in [1.29, 1.82) is 0 Å². The fourth-order valence-electron chi connectivity index (χ4n) is 3.38. The Morgan fingerprint density at radius 3 is 2.64 bits per heavy atom. The van der Waals surface area contributed by atoms with Gasteiger partial charge >= 0.3 is 6.18 Å². The average Bonchev–Trinajstić information content (AvgIpc) is 2.96. The number of alkyl halides is 3. The summed E-state index contributed by atoms with van der Waals surface area (Å²) < 4.78 is 39.6. The first-order chi connectivity index (χ1) is 11.9. The summed E-state index contributed by atoms with van der Waals surface area (Å²) in [4.78, 5) is 15.4. The molecule has 0 saturated carbocycles. The number of nitrogens with one attached hydrogen (secondary N) is 1. The second kappa shape index (κ2) is 6.07. The molecule has 0 radical (unpaired) electrons. The molecule has 3 nitrogen and oxygen atoms in total. The Morgan fingerprint density at radius 1 is 1.12 bits per heavy atom. The SMILES string of the molecule is O=C1C2c3ccccc3SC2NCN1Cc1ccccc1C(F)(F)F. The third-order valence-electron chi connectivity index (χ3n) is 4.56. The molecule has 2 aliphatic heterocycles. The molecule has 130 valence electrons. The van der Waals surface area contributed by atoms with Gasteiger partial charge in [0.1, 0.15) is 0 Å². The van der Waals surface area contributed by atoms with E-state index in [1.165, 1.54) is 17.0 Å². The zero-order valence-corrected chi connectivity index (χ0v) is 13.9. The van der Waals surface area contributed by atoms with Crippen molar-refractivity contribution in [2.45, 2.75) is 28.9 Å². The van der Waals surface area contributed by atoms with E-state index in [2.05, 4.69) is 5.32 Å². The normalized spacial score (nSPS) is 22.7. The Balaban J connectivity index is 1.61. The van der Waals surface area contributed by atoms with Crippen LogP contribution in [0, 0.1) is 0 Å². The lowest BCUT2D eigenvalue weighted by Crippen LogP contribution is -2.52. The molecule has 1 saturated heterocycles. The Morgan fingerprint density at radius 2 is 1.84 bits per heavy atom. The van der Waals surface area contributed by atoms with E-state index in [1.807, 2.05) is 24.3 Å². The zero-order valence-electron chi connectivity index (χ0n) is 13.1. The highest BCUT2D eigenvalue weighted by atomic mass is 32.2. The van der Waals surface area contributed by atoms with E-state index in [0.29, 0.717) is 0 Å². The first-order valence-corrected chi connectivity index (χ1v) is 8.76. The van der Waals surface area contributed by atoms with E-state index >= 15 is 0 Å². The average molecular weight is 364 g/mol. The van der Waals surface area contributed by atoms with Crippen LogP contribution in [-0.2, 0) is 17.5 Å². The van der Waals surface area contributed by atoms with Gasteiger partial charge < -0.3 is 4.90 Å². The summed E-state index contributed by atoms with van der Waals surface area (Å²) in [6.45, 7) is 0.185. The van der Waals surface area contributed by atoms with Crippen LogP contribution in [0.5, 0.6) is 0 Å². The molecular formula is C18H15F3N2OS. The number of thioether (sulfide) groups is 1. The molecule has 0 aliphatic carbocycles. The summed E-state index contributed by atoms with van der Waals surface area (Å²) in [5.41, 5.74) is 0.373. The predicted octanol–water partition coefficient (Wildman–Crippen LogP) is 3.81. The number of carbonyl (C=O) groups excluding carboxylic acids is 1. The first-order valence-electron chi connectivity index (χ1n) is 7.88. The van der Waals surface area contributed by atoms with Gasteiger partial charge in [0, 0.05) is 11.4 Å². The van der Waals surface area contributed by atoms with Gasteiger partial charge in [-0.1, -0.05) is 36.4 Å². The van der Waals surface area contributed by atoms with Crippen LogP contribution in [0.15, 0.2) is 53.4 Å². The van der Waals surface area contributed by atoms with Crippen molar-refractivity contribution in [3.63, 3.8) is 0 Å². The van der Waals surface area contributed by atoms with Crippen LogP contribution in [0.1, 0.15) is 22.6 Å². The van der Waals surface area contributed by atoms with Crippen molar-refractivity contribution >= 4 is 17.7 Å². The fourth-order valence-corrected chi connectivity index (χ4v) is 4.70. The van der Waals surface area contributed by atoms with Crippen molar-refractivity contribution in [2.75, 3.05) is 6.67 Å². The van der Waals surface area contributed by atoms with Crippen LogP contribution >= 0.6 is 11.8 Å². The second-order valence-corrected chi connectivity index (χ2v) is 7.29. The number of amides is 1. The molecule has 2 aliphatic rings. The van der Waals surface area contributed by atoms with E-state index in [-0.39, 0.29) is 36.0 Å². The summed E-state index contributed by atoms with van der Waals surface area (Å²) in [5, 5.41) is 3.22. The van der Waals surface area contributed by atoms with Gasteiger partial charge in [0.25, 0.3) is 0 Å². The van der Waals surface area contributed by atoms with Gasteiger partial charge in [-0.05, 0) is 23.3 Å². The summed E-state index contributed by atoms with van der Waals surface area (Å²) in [7, 11) is 0. The fraction of sp³-hybridized carbons (Fsp3) is 0.278. The molecule has 2 aromatic rings. The minimum atomic E-state index is -4.43. The molecule has 25 heavy (non-hydrogen) atoms. The molecule has 2 heterocycles. The van der Waals surface area contributed by atoms with Gasteiger partial charge in [-0.2, -0.15) is 13.2 Å². The minimum Gasteiger partial charge on any atom is -0.325 e. The minimum absolute atomic E-state index is 0.0565. The highest BCUT2D eigenvalue weighted by molar-refractivity contribution is 8.00. The van der Waals surface area contributed by atoms with Crippen LogP contribution in [0.25, 0.3) is 0 Å². The van der Waals surface area contributed by atoms with Crippen LogP contribution in [-0.4, -0.2) is 22.8 Å². The van der Waals surface area contributed by atoms with Gasteiger partial charge in [-0.25, -0.2) is 0 Å². The topological polar surface area (TPSA) is 32.3 Å². The summed E-state index contributed by atoms with van der Waals surface area (Å²) in [5.74, 6) is -0.480. The Bertz CT molecular complexity index is 824. The molecule has 2 aromatic carbocycles. The van der Waals surface area contributed by atoms with Crippen molar-refractivity contribution in [2.24, 2.45) is 0 Å². The maximum atomic E-state index is 13.2. The van der Waals surface area contributed by atoms with Gasteiger partial charge in [0.2, 0.25) is 5.91 Å². The lowest BCUT2D eigenvalue weighted by Gasteiger charge is -2.35. The van der Waals surface area contributed by atoms with Crippen LogP contribution in [0.2, 0.25) is 0 Å². The van der Waals surface area contributed by atoms with E-state index in [1.54, 1.807) is 17.8 Å². The third-order valence-corrected chi connectivity index (χ3v) is 5.87. The molecule has 4 rings (SSSR count). The van der Waals surface area contributed by atoms with Gasteiger partial charge in [-0.15, -0.1) is 11.8 Å². The summed E-state index contributed by atoms with van der Waals surface area (Å²) >= 11 is 1.60. The Hall–Kier alpha value is -1.99. The van der Waals surface area contributed by atoms with Crippen LogP contribution < -0.4 is 5.32 Å². The third kappa shape index (κ3) is 2.91. The van der Waals surface area contributed by atoms with E-state index < -0.39 is 11.7 Å². The Kier molecular flexibility index (Phi) is 4.00. The van der Waals surface area contributed by atoms with Crippen molar-refractivity contribution in [1.82, 2.24) is 10.2 Å². The monoisotopic (exact) mass is 364 g/mol. The number of halogens is 3. The number of benzene rings is 2. The van der Waals surface area contributed by atoms with Gasteiger partial charge in [0.15, 0.2) is 0 Å². The highest BCUT2D eigenvalue weighted by Gasteiger charge is 2.44. The predicted molar refractivity (Wildman–Crippen MR) is 88.8 cm³/mol. The van der Waals surface area contributed by atoms with E-state index in [4.69, 9.17) is 0 Å². The second-order valence-electron chi connectivity index (χ2n) is 6.11. The van der Waals surface area contributed by atoms with Crippen LogP contribution in [0.4, 0.5) is 13.2 Å². The molecular weight excluding hydrogens is 349 g/mol. The van der Waals surface area contributed by atoms with Gasteiger partial charge in [-0.3, -0.25) is 10.1 Å². The van der Waals surface area contributed by atoms with Crippen molar-refractivity contribution in [3.8, 4) is 0 Å². The standard InChI is InChI=1S/C18H15F3N2OS/c19-18(20,21)13-7-3-1-5-11(13)9-23-10-22-16-15(17(23)24)12-6-2-4-8-14(12)25-16/h1-8,15-16,22H,9-10H2. The van der Waals surface area contributed by atoms with Crippen LogP contribution in [0.3, 0.4) is 0 Å². The molecule has 7 heteroatoms. The maximum Gasteiger partial charge on any atom is 0.416 e. The number of rotatable bonds is 2. The molecule has 1 fully saturated rings. The number of carbonyl (C=O) groups is 1. The number of fused-ring (bicyclic) bond motifs is 3. The first kappa shape index (κ1) is 16.5. The summed E-state index contributed by atoms with van der Waals surface area (Å²) in [6.07, 6.45) is -4.43. The maximum absolute atomic E-state index is 13.2. The molecule has 0 bridgehead atoms. The molecule has 0 spiro atoms. The lowest BCUT2D eigenvalue weighted by atomic mass is 9.95. The smallest absolute Gasteiger partial charge is 0.325 e. The number of hydrogen-bond acceptors (Lipinski definition) is 3. The Labute approximate surface area is 147 Å². The molecule has 2 atom stereocenters.